The number of thioether (sulfide) groups is 1. The average Bonchev–Trinajstić information content (AvgIpc) is 3.19. The van der Waals surface area contributed by atoms with E-state index in [9.17, 15) is 9.59 Å². The van der Waals surface area contributed by atoms with Crippen LogP contribution in [0.15, 0.2) is 4.34 Å². The molecule has 1 aliphatic rings. The Kier molecular flexibility index (Phi) is 4.83. The number of thiophene rings is 1. The Morgan fingerprint density at radius 3 is 2.83 bits per heavy atom. The minimum Gasteiger partial charge on any atom is -0.365 e. The zero-order valence-corrected chi connectivity index (χ0v) is 14.8. The maximum atomic E-state index is 12.1. The van der Waals surface area contributed by atoms with Crippen molar-refractivity contribution in [3.05, 3.63) is 16.0 Å². The summed E-state index contributed by atoms with van der Waals surface area (Å²) in [6.45, 7) is 0. The second kappa shape index (κ2) is 6.85. The number of aromatic nitrogens is 2. The molecule has 2 aromatic rings. The van der Waals surface area contributed by atoms with Gasteiger partial charge in [-0.25, -0.2) is 0 Å². The van der Waals surface area contributed by atoms with Gasteiger partial charge in [0.1, 0.15) is 5.00 Å². The van der Waals surface area contributed by atoms with E-state index in [4.69, 9.17) is 5.73 Å². The largest absolute Gasteiger partial charge is 0.365 e. The summed E-state index contributed by atoms with van der Waals surface area (Å²) in [5, 5.41) is 14.9. The highest BCUT2D eigenvalue weighted by molar-refractivity contribution is 8.01. The number of anilines is 2. The first-order valence-electron chi connectivity index (χ1n) is 6.96. The summed E-state index contributed by atoms with van der Waals surface area (Å²) in [4.78, 5) is 25.0. The van der Waals surface area contributed by atoms with E-state index in [0.29, 0.717) is 20.0 Å². The number of carbonyl (C=O) groups excluding carboxylic acids is 2. The molecule has 0 bridgehead atoms. The van der Waals surface area contributed by atoms with Crippen LogP contribution in [0.25, 0.3) is 0 Å². The summed E-state index contributed by atoms with van der Waals surface area (Å²) in [6.07, 6.45) is 2.84. The summed E-state index contributed by atoms with van der Waals surface area (Å²) < 4.78 is 0.716. The molecular weight excluding hydrogens is 354 g/mol. The third-order valence-electron chi connectivity index (χ3n) is 3.37. The van der Waals surface area contributed by atoms with Crippen LogP contribution in [-0.4, -0.2) is 34.8 Å². The van der Waals surface area contributed by atoms with Crippen molar-refractivity contribution >= 4 is 56.4 Å². The van der Waals surface area contributed by atoms with Gasteiger partial charge in [0.25, 0.3) is 5.91 Å². The number of nitrogens with two attached hydrogens (primary N) is 1. The Balaban J connectivity index is 1.65. The molecule has 0 aliphatic heterocycles. The second-order valence-electron chi connectivity index (χ2n) is 4.89. The van der Waals surface area contributed by atoms with Gasteiger partial charge >= 0.3 is 0 Å². The van der Waals surface area contributed by atoms with Crippen LogP contribution in [0.5, 0.6) is 0 Å². The van der Waals surface area contributed by atoms with Crippen LogP contribution in [0.1, 0.15) is 27.2 Å². The molecule has 3 rings (SSSR count). The lowest BCUT2D eigenvalue weighted by atomic mass is 10.1. The first kappa shape index (κ1) is 16.2. The lowest BCUT2D eigenvalue weighted by molar-refractivity contribution is -0.113. The Morgan fingerprint density at radius 1 is 1.30 bits per heavy atom. The second-order valence-corrected chi connectivity index (χ2v) is 8.19. The number of hydrogen-bond acceptors (Lipinski definition) is 8. The molecule has 122 valence electrons. The number of rotatable bonds is 6. The quantitative estimate of drug-likeness (QED) is 0.672. The molecule has 2 heterocycles. The van der Waals surface area contributed by atoms with E-state index >= 15 is 0 Å². The fraction of sp³-hybridized carbons (Fsp3) is 0.385. The first-order valence-corrected chi connectivity index (χ1v) is 9.58. The van der Waals surface area contributed by atoms with Crippen LogP contribution in [-0.2, 0) is 17.6 Å². The van der Waals surface area contributed by atoms with Gasteiger partial charge in [0.2, 0.25) is 11.0 Å². The van der Waals surface area contributed by atoms with E-state index in [1.165, 1.54) is 34.4 Å². The van der Waals surface area contributed by atoms with Gasteiger partial charge in [0, 0.05) is 11.9 Å². The minimum atomic E-state index is -0.477. The van der Waals surface area contributed by atoms with Gasteiger partial charge < -0.3 is 16.4 Å². The van der Waals surface area contributed by atoms with E-state index in [0.717, 1.165) is 29.7 Å². The predicted molar refractivity (Wildman–Crippen MR) is 93.7 cm³/mol. The third-order valence-corrected chi connectivity index (χ3v) is 6.65. The average molecular weight is 369 g/mol. The third kappa shape index (κ3) is 3.48. The predicted octanol–water partition coefficient (Wildman–Crippen LogP) is 1.96. The van der Waals surface area contributed by atoms with Crippen LogP contribution in [0, 0.1) is 0 Å². The molecule has 0 saturated heterocycles. The highest BCUT2D eigenvalue weighted by Crippen LogP contribution is 2.39. The molecule has 4 N–H and O–H groups in total. The van der Waals surface area contributed by atoms with Crippen LogP contribution < -0.4 is 16.4 Å². The lowest BCUT2D eigenvalue weighted by Crippen LogP contribution is -2.18. The normalized spacial score (nSPS) is 12.9. The Bertz CT molecular complexity index is 755. The van der Waals surface area contributed by atoms with Crippen molar-refractivity contribution in [1.82, 2.24) is 10.2 Å². The molecule has 2 aromatic heterocycles. The van der Waals surface area contributed by atoms with Gasteiger partial charge in [-0.3, -0.25) is 9.59 Å². The van der Waals surface area contributed by atoms with Crippen molar-refractivity contribution in [2.75, 3.05) is 23.4 Å². The number of nitrogens with one attached hydrogen (secondary N) is 2. The number of aryl methyl sites for hydroxylation is 1. The summed E-state index contributed by atoms with van der Waals surface area (Å²) in [7, 11) is 1.77. The molecular formula is C13H15N5O2S3. The summed E-state index contributed by atoms with van der Waals surface area (Å²) in [5.41, 5.74) is 6.97. The van der Waals surface area contributed by atoms with Gasteiger partial charge in [-0.1, -0.05) is 23.1 Å². The number of hydrogen-bond donors (Lipinski definition) is 3. The highest BCUT2D eigenvalue weighted by atomic mass is 32.2. The van der Waals surface area contributed by atoms with Crippen molar-refractivity contribution in [1.29, 1.82) is 0 Å². The monoisotopic (exact) mass is 369 g/mol. The maximum Gasteiger partial charge on any atom is 0.251 e. The Labute approximate surface area is 145 Å². The van der Waals surface area contributed by atoms with Crippen molar-refractivity contribution in [3.8, 4) is 0 Å². The molecule has 0 fully saturated rings. The summed E-state index contributed by atoms with van der Waals surface area (Å²) in [6, 6.07) is 0. The SMILES string of the molecule is CNc1nnc(SCC(=O)Nc2sc3c(c2C(N)=O)CCC3)s1. The van der Waals surface area contributed by atoms with E-state index in [1.807, 2.05) is 0 Å². The van der Waals surface area contributed by atoms with Gasteiger partial charge in [-0.05, 0) is 24.8 Å². The zero-order valence-electron chi connectivity index (χ0n) is 12.3. The minimum absolute atomic E-state index is 0.182. The van der Waals surface area contributed by atoms with Crippen LogP contribution in [0.3, 0.4) is 0 Å². The number of nitrogens with zero attached hydrogens (tertiary/aromatic N) is 2. The van der Waals surface area contributed by atoms with Crippen molar-refractivity contribution in [2.45, 2.75) is 23.6 Å². The van der Waals surface area contributed by atoms with Crippen molar-refractivity contribution in [3.63, 3.8) is 0 Å². The van der Waals surface area contributed by atoms with Gasteiger partial charge in [0.05, 0.1) is 11.3 Å². The number of amides is 2. The Morgan fingerprint density at radius 2 is 2.13 bits per heavy atom. The van der Waals surface area contributed by atoms with Gasteiger partial charge in [0.15, 0.2) is 4.34 Å². The highest BCUT2D eigenvalue weighted by Gasteiger charge is 2.26. The van der Waals surface area contributed by atoms with Crippen LogP contribution >= 0.6 is 34.4 Å². The Hall–Kier alpha value is -1.65. The van der Waals surface area contributed by atoms with Crippen molar-refractivity contribution in [2.24, 2.45) is 5.73 Å². The lowest BCUT2D eigenvalue weighted by Gasteiger charge is -2.05. The molecule has 23 heavy (non-hydrogen) atoms. The van der Waals surface area contributed by atoms with E-state index in [1.54, 1.807) is 7.05 Å². The van der Waals surface area contributed by atoms with Crippen LogP contribution in [0.4, 0.5) is 10.1 Å². The molecule has 0 saturated carbocycles. The molecule has 0 spiro atoms. The molecule has 0 atom stereocenters. The molecule has 7 nitrogen and oxygen atoms in total. The summed E-state index contributed by atoms with van der Waals surface area (Å²) >= 11 is 4.15. The topological polar surface area (TPSA) is 110 Å². The fourth-order valence-corrected chi connectivity index (χ4v) is 5.23. The number of primary amides is 1. The maximum absolute atomic E-state index is 12.1. The summed E-state index contributed by atoms with van der Waals surface area (Å²) in [5.74, 6) is -0.451. The van der Waals surface area contributed by atoms with E-state index < -0.39 is 5.91 Å². The molecule has 1 aliphatic carbocycles. The molecule has 10 heteroatoms. The van der Waals surface area contributed by atoms with Crippen LogP contribution in [0.2, 0.25) is 0 Å². The number of fused-ring (bicyclic) bond motifs is 1. The van der Waals surface area contributed by atoms with E-state index in [-0.39, 0.29) is 11.7 Å². The first-order chi connectivity index (χ1) is 11.1. The smallest absolute Gasteiger partial charge is 0.251 e. The van der Waals surface area contributed by atoms with E-state index in [2.05, 4.69) is 20.8 Å². The fourth-order valence-electron chi connectivity index (χ4n) is 2.41. The zero-order chi connectivity index (χ0) is 16.4. The molecule has 0 radical (unpaired) electrons. The van der Waals surface area contributed by atoms with Crippen molar-refractivity contribution < 1.29 is 9.59 Å². The molecule has 2 amide bonds. The van der Waals surface area contributed by atoms with Gasteiger partial charge in [-0.2, -0.15) is 0 Å². The molecule has 0 unspecified atom stereocenters. The number of carbonyl (C=O) groups is 2. The standard InChI is InChI=1S/C13H15N5O2S3/c1-15-12-17-18-13(23-12)21-5-8(19)16-11-9(10(14)20)6-3-2-4-7(6)22-11/h2-5H2,1H3,(H2,14,20)(H,15,17)(H,16,19). The molecule has 0 aromatic carbocycles. The van der Waals surface area contributed by atoms with Gasteiger partial charge in [-0.15, -0.1) is 21.5 Å².